The van der Waals surface area contributed by atoms with Gasteiger partial charge in [0.15, 0.2) is 9.84 Å². The standard InChI is InChI=1S/C25H25N5O4S/c1-26-14-17-2-4-19(5-3-17)24-29-30-25(34-24)23-16-27-15-22(28-23)18-6-8-20(9-7-18)35(31,32)21-10-12-33-13-11-21/h2-9,15-16,21,26H,10-14H2,1H3. The molecule has 4 aromatic rings. The van der Waals surface area contributed by atoms with Crippen LogP contribution in [-0.2, 0) is 21.1 Å². The van der Waals surface area contributed by atoms with Crippen LogP contribution in [-0.4, -0.2) is 54.1 Å². The molecule has 0 radical (unpaired) electrons. The van der Waals surface area contributed by atoms with Gasteiger partial charge in [0.05, 0.1) is 28.2 Å². The van der Waals surface area contributed by atoms with Gasteiger partial charge in [0.1, 0.15) is 5.69 Å². The van der Waals surface area contributed by atoms with Crippen LogP contribution >= 0.6 is 0 Å². The van der Waals surface area contributed by atoms with Gasteiger partial charge in [-0.25, -0.2) is 13.4 Å². The normalized spacial score (nSPS) is 14.8. The molecule has 1 N–H and O–H groups in total. The molecule has 0 atom stereocenters. The maximum atomic E-state index is 12.9. The van der Waals surface area contributed by atoms with E-state index in [-0.39, 0.29) is 5.89 Å². The van der Waals surface area contributed by atoms with Crippen LogP contribution in [0, 0.1) is 0 Å². The Morgan fingerprint density at radius 2 is 1.54 bits per heavy atom. The van der Waals surface area contributed by atoms with Crippen molar-refractivity contribution in [3.63, 3.8) is 0 Å². The van der Waals surface area contributed by atoms with Crippen LogP contribution in [0.2, 0.25) is 0 Å². The van der Waals surface area contributed by atoms with Gasteiger partial charge in [0.25, 0.3) is 5.89 Å². The van der Waals surface area contributed by atoms with Crippen LogP contribution in [0.3, 0.4) is 0 Å². The van der Waals surface area contributed by atoms with Gasteiger partial charge in [-0.3, -0.25) is 4.98 Å². The third-order valence-corrected chi connectivity index (χ3v) is 8.22. The Kier molecular flexibility index (Phi) is 6.67. The van der Waals surface area contributed by atoms with E-state index in [1.807, 2.05) is 31.3 Å². The van der Waals surface area contributed by atoms with E-state index in [2.05, 4.69) is 25.5 Å². The first-order chi connectivity index (χ1) is 17.0. The number of sulfone groups is 1. The van der Waals surface area contributed by atoms with Crippen molar-refractivity contribution in [2.75, 3.05) is 20.3 Å². The summed E-state index contributed by atoms with van der Waals surface area (Å²) in [6, 6.07) is 14.6. The SMILES string of the molecule is CNCc1ccc(-c2nnc(-c3cncc(-c4ccc(S(=O)(=O)C5CCOCC5)cc4)n3)o2)cc1. The number of hydrogen-bond donors (Lipinski definition) is 1. The second-order valence-corrected chi connectivity index (χ2v) is 10.5. The Hall–Kier alpha value is -3.47. The van der Waals surface area contributed by atoms with Crippen molar-refractivity contribution in [3.05, 3.63) is 66.5 Å². The van der Waals surface area contributed by atoms with Crippen LogP contribution in [0.5, 0.6) is 0 Å². The summed E-state index contributed by atoms with van der Waals surface area (Å²) in [5.74, 6) is 0.651. The first kappa shape index (κ1) is 23.3. The minimum absolute atomic E-state index is 0.257. The lowest BCUT2D eigenvalue weighted by Gasteiger charge is -2.22. The molecule has 9 nitrogen and oxygen atoms in total. The monoisotopic (exact) mass is 491 g/mol. The van der Waals surface area contributed by atoms with Crippen molar-refractivity contribution >= 4 is 9.84 Å². The average molecular weight is 492 g/mol. The number of hydrogen-bond acceptors (Lipinski definition) is 9. The molecule has 1 saturated heterocycles. The molecule has 2 aromatic carbocycles. The summed E-state index contributed by atoms with van der Waals surface area (Å²) in [6.07, 6.45) is 4.21. The summed E-state index contributed by atoms with van der Waals surface area (Å²) < 4.78 is 37.0. The lowest BCUT2D eigenvalue weighted by atomic mass is 10.1. The molecule has 35 heavy (non-hydrogen) atoms. The van der Waals surface area contributed by atoms with Crippen LogP contribution in [0.15, 0.2) is 70.2 Å². The van der Waals surface area contributed by atoms with Crippen molar-refractivity contribution < 1.29 is 17.6 Å². The van der Waals surface area contributed by atoms with Crippen molar-refractivity contribution in [1.82, 2.24) is 25.5 Å². The quantitative estimate of drug-likeness (QED) is 0.414. The molecule has 180 valence electrons. The Labute approximate surface area is 203 Å². The molecule has 5 rings (SSSR count). The predicted molar refractivity (Wildman–Crippen MR) is 130 cm³/mol. The van der Waals surface area contributed by atoms with Crippen molar-refractivity contribution in [2.24, 2.45) is 0 Å². The molecular weight excluding hydrogens is 466 g/mol. The predicted octanol–water partition coefficient (Wildman–Crippen LogP) is 3.53. The molecule has 10 heteroatoms. The molecule has 3 heterocycles. The maximum absolute atomic E-state index is 12.9. The number of ether oxygens (including phenoxy) is 1. The molecule has 0 saturated carbocycles. The average Bonchev–Trinajstić information content (AvgIpc) is 3.41. The van der Waals surface area contributed by atoms with Gasteiger partial charge in [-0.1, -0.05) is 24.3 Å². The molecule has 0 amide bonds. The molecule has 0 aliphatic carbocycles. The number of rotatable bonds is 7. The van der Waals surface area contributed by atoms with Crippen LogP contribution in [0.4, 0.5) is 0 Å². The van der Waals surface area contributed by atoms with Crippen LogP contribution in [0.1, 0.15) is 18.4 Å². The summed E-state index contributed by atoms with van der Waals surface area (Å²) in [7, 11) is -1.49. The van der Waals surface area contributed by atoms with Crippen molar-refractivity contribution in [3.8, 4) is 34.3 Å². The van der Waals surface area contributed by atoms with E-state index in [1.165, 1.54) is 0 Å². The molecule has 0 unspecified atom stereocenters. The van der Waals surface area contributed by atoms with Gasteiger partial charge in [-0.05, 0) is 49.7 Å². The van der Waals surface area contributed by atoms with Crippen LogP contribution in [0.25, 0.3) is 34.3 Å². The number of nitrogens with one attached hydrogen (secondary N) is 1. The largest absolute Gasteiger partial charge is 0.415 e. The van der Waals surface area contributed by atoms with Crippen LogP contribution < -0.4 is 5.32 Å². The van der Waals surface area contributed by atoms with Crippen molar-refractivity contribution in [1.29, 1.82) is 0 Å². The zero-order valence-electron chi connectivity index (χ0n) is 19.2. The Bertz CT molecular complexity index is 1400. The summed E-state index contributed by atoms with van der Waals surface area (Å²) in [5.41, 5.74) is 3.72. The van der Waals surface area contributed by atoms with Gasteiger partial charge >= 0.3 is 0 Å². The molecule has 0 spiro atoms. The Balaban J connectivity index is 1.36. The molecule has 0 bridgehead atoms. The van der Waals surface area contributed by atoms with E-state index >= 15 is 0 Å². The fourth-order valence-corrected chi connectivity index (χ4v) is 5.73. The minimum Gasteiger partial charge on any atom is -0.415 e. The third-order valence-electron chi connectivity index (χ3n) is 5.95. The zero-order valence-corrected chi connectivity index (χ0v) is 20.0. The molecule has 1 fully saturated rings. The third kappa shape index (κ3) is 5.00. The topological polar surface area (TPSA) is 120 Å². The maximum Gasteiger partial charge on any atom is 0.268 e. The first-order valence-electron chi connectivity index (χ1n) is 11.4. The second kappa shape index (κ2) is 10.0. The number of benzene rings is 2. The van der Waals surface area contributed by atoms with E-state index < -0.39 is 15.1 Å². The molecule has 1 aliphatic rings. The van der Waals surface area contributed by atoms with Gasteiger partial charge in [-0.2, -0.15) is 0 Å². The summed E-state index contributed by atoms with van der Waals surface area (Å²) in [4.78, 5) is 9.18. The minimum atomic E-state index is -3.39. The Morgan fingerprint density at radius 1 is 0.886 bits per heavy atom. The van der Waals surface area contributed by atoms with Gasteiger partial charge in [-0.15, -0.1) is 10.2 Å². The highest BCUT2D eigenvalue weighted by Gasteiger charge is 2.29. The van der Waals surface area contributed by atoms with Gasteiger partial charge in [0, 0.05) is 30.9 Å². The summed E-state index contributed by atoms with van der Waals surface area (Å²) in [5, 5.41) is 11.0. The highest BCUT2D eigenvalue weighted by molar-refractivity contribution is 7.92. The van der Waals surface area contributed by atoms with E-state index in [9.17, 15) is 8.42 Å². The summed E-state index contributed by atoms with van der Waals surface area (Å²) >= 11 is 0. The zero-order chi connectivity index (χ0) is 24.3. The molecular formula is C25H25N5O4S. The fraction of sp³-hybridized carbons (Fsp3) is 0.280. The lowest BCUT2D eigenvalue weighted by Crippen LogP contribution is -2.28. The van der Waals surface area contributed by atoms with E-state index in [1.54, 1.807) is 36.7 Å². The molecule has 2 aromatic heterocycles. The van der Waals surface area contributed by atoms with Gasteiger partial charge in [0.2, 0.25) is 5.89 Å². The van der Waals surface area contributed by atoms with E-state index in [4.69, 9.17) is 9.15 Å². The van der Waals surface area contributed by atoms with Crippen molar-refractivity contribution in [2.45, 2.75) is 29.5 Å². The summed E-state index contributed by atoms with van der Waals surface area (Å²) in [6.45, 7) is 1.73. The van der Waals surface area contributed by atoms with E-state index in [0.717, 1.165) is 23.2 Å². The second-order valence-electron chi connectivity index (χ2n) is 8.31. The number of aromatic nitrogens is 4. The first-order valence-corrected chi connectivity index (χ1v) is 12.9. The highest BCUT2D eigenvalue weighted by atomic mass is 32.2. The lowest BCUT2D eigenvalue weighted by molar-refractivity contribution is 0.0983. The smallest absolute Gasteiger partial charge is 0.268 e. The molecule has 1 aliphatic heterocycles. The number of nitrogens with zero attached hydrogens (tertiary/aromatic N) is 4. The Morgan fingerprint density at radius 3 is 2.26 bits per heavy atom. The van der Waals surface area contributed by atoms with E-state index in [0.29, 0.717) is 48.2 Å². The fourth-order valence-electron chi connectivity index (χ4n) is 4.01. The van der Waals surface area contributed by atoms with Gasteiger partial charge < -0.3 is 14.5 Å². The highest BCUT2D eigenvalue weighted by Crippen LogP contribution is 2.28.